The van der Waals surface area contributed by atoms with Gasteiger partial charge in [-0.3, -0.25) is 4.79 Å². The van der Waals surface area contributed by atoms with E-state index in [1.165, 1.54) is 16.0 Å². The van der Waals surface area contributed by atoms with E-state index in [1.807, 2.05) is 18.2 Å². The summed E-state index contributed by atoms with van der Waals surface area (Å²) in [6.07, 6.45) is 1.65. The Bertz CT molecular complexity index is 641. The van der Waals surface area contributed by atoms with E-state index in [-0.39, 0.29) is 11.9 Å². The first-order valence-corrected chi connectivity index (χ1v) is 8.65. The Hall–Kier alpha value is -1.17. The molecule has 1 aliphatic rings. The summed E-state index contributed by atoms with van der Waals surface area (Å²) in [4.78, 5) is 13.5. The number of thiophene rings is 1. The lowest BCUT2D eigenvalue weighted by molar-refractivity contribution is -0.123. The summed E-state index contributed by atoms with van der Waals surface area (Å²) in [6, 6.07) is 12.3. The summed E-state index contributed by atoms with van der Waals surface area (Å²) >= 11 is 5.17. The monoisotopic (exact) mass is 364 g/mol. The summed E-state index contributed by atoms with van der Waals surface area (Å²) < 4.78 is 1.13. The average Bonchev–Trinajstić information content (AvgIpc) is 2.92. The van der Waals surface area contributed by atoms with Gasteiger partial charge in [0.1, 0.15) is 0 Å². The van der Waals surface area contributed by atoms with Crippen molar-refractivity contribution in [2.24, 2.45) is 0 Å². The third kappa shape index (κ3) is 3.73. The topological polar surface area (TPSA) is 41.1 Å². The Morgan fingerprint density at radius 2 is 2.10 bits per heavy atom. The fourth-order valence-electron chi connectivity index (χ4n) is 2.56. The molecule has 1 amide bonds. The van der Waals surface area contributed by atoms with Crippen LogP contribution in [0.5, 0.6) is 0 Å². The van der Waals surface area contributed by atoms with E-state index >= 15 is 0 Å². The second-order valence-corrected chi connectivity index (χ2v) is 7.70. The zero-order valence-electron chi connectivity index (χ0n) is 11.6. The smallest absolute Gasteiger partial charge is 0.237 e. The molecule has 3 rings (SSSR count). The number of hydrogen-bond acceptors (Lipinski definition) is 3. The maximum absolute atomic E-state index is 12.2. The number of amides is 1. The number of nitrogens with one attached hydrogen (secondary N) is 2. The Labute approximate surface area is 136 Å². The van der Waals surface area contributed by atoms with Crippen LogP contribution in [0.25, 0.3) is 0 Å². The highest BCUT2D eigenvalue weighted by molar-refractivity contribution is 9.11. The van der Waals surface area contributed by atoms with Gasteiger partial charge in [0, 0.05) is 18.0 Å². The highest BCUT2D eigenvalue weighted by Gasteiger charge is 2.23. The summed E-state index contributed by atoms with van der Waals surface area (Å²) in [6.45, 7) is 1.46. The summed E-state index contributed by atoms with van der Waals surface area (Å²) in [5.74, 6) is 0.0973. The van der Waals surface area contributed by atoms with E-state index in [0.717, 1.165) is 23.2 Å². The number of benzene rings is 1. The van der Waals surface area contributed by atoms with E-state index in [1.54, 1.807) is 11.3 Å². The first-order chi connectivity index (χ1) is 10.2. The molecule has 0 spiro atoms. The molecule has 1 aromatic heterocycles. The zero-order chi connectivity index (χ0) is 14.7. The van der Waals surface area contributed by atoms with Gasteiger partial charge >= 0.3 is 0 Å². The van der Waals surface area contributed by atoms with Gasteiger partial charge in [0.25, 0.3) is 0 Å². The van der Waals surface area contributed by atoms with Gasteiger partial charge in [0.05, 0.1) is 9.83 Å². The predicted octanol–water partition coefficient (Wildman–Crippen LogP) is 2.88. The van der Waals surface area contributed by atoms with Crippen molar-refractivity contribution < 1.29 is 4.79 Å². The van der Waals surface area contributed by atoms with Crippen LogP contribution in [-0.4, -0.2) is 18.5 Å². The Morgan fingerprint density at radius 1 is 1.29 bits per heavy atom. The molecule has 3 nitrogen and oxygen atoms in total. The number of fused-ring (bicyclic) bond motifs is 1. The van der Waals surface area contributed by atoms with E-state index < -0.39 is 0 Å². The Balaban J connectivity index is 1.50. The Kier molecular flexibility index (Phi) is 4.73. The first-order valence-electron chi connectivity index (χ1n) is 7.04. The molecular formula is C16H17BrN2OS. The minimum absolute atomic E-state index is 0.0973. The SMILES string of the molecule is O=C(NCCc1ccc(Br)s1)[C@@H]1Cc2ccccc2CN1. The minimum Gasteiger partial charge on any atom is -0.354 e. The fraction of sp³-hybridized carbons (Fsp3) is 0.312. The molecule has 21 heavy (non-hydrogen) atoms. The summed E-state index contributed by atoms with van der Waals surface area (Å²) in [5.41, 5.74) is 2.57. The third-order valence-electron chi connectivity index (χ3n) is 3.70. The predicted molar refractivity (Wildman–Crippen MR) is 89.5 cm³/mol. The highest BCUT2D eigenvalue weighted by atomic mass is 79.9. The van der Waals surface area contributed by atoms with Crippen LogP contribution in [-0.2, 0) is 24.2 Å². The van der Waals surface area contributed by atoms with Gasteiger partial charge in [-0.05, 0) is 52.0 Å². The molecule has 0 saturated carbocycles. The number of halogens is 1. The van der Waals surface area contributed by atoms with Gasteiger partial charge in [-0.1, -0.05) is 24.3 Å². The van der Waals surface area contributed by atoms with Crippen molar-refractivity contribution in [3.63, 3.8) is 0 Å². The van der Waals surface area contributed by atoms with Crippen LogP contribution in [0.15, 0.2) is 40.2 Å². The number of carbonyl (C=O) groups is 1. The fourth-order valence-corrected chi connectivity index (χ4v) is 4.04. The lowest BCUT2D eigenvalue weighted by Crippen LogP contribution is -2.48. The summed E-state index contributed by atoms with van der Waals surface area (Å²) in [7, 11) is 0. The molecule has 0 unspecified atom stereocenters. The molecule has 5 heteroatoms. The van der Waals surface area contributed by atoms with Crippen LogP contribution in [0.1, 0.15) is 16.0 Å². The molecule has 1 aromatic carbocycles. The standard InChI is InChI=1S/C16H17BrN2OS/c17-15-6-5-13(21-15)7-8-18-16(20)14-9-11-3-1-2-4-12(11)10-19-14/h1-6,14,19H,7-10H2,(H,18,20)/t14-/m0/s1. The van der Waals surface area contributed by atoms with Crippen molar-refractivity contribution in [1.29, 1.82) is 0 Å². The van der Waals surface area contributed by atoms with Crippen molar-refractivity contribution in [1.82, 2.24) is 10.6 Å². The summed E-state index contributed by atoms with van der Waals surface area (Å²) in [5, 5.41) is 6.34. The first kappa shape index (κ1) is 14.8. The van der Waals surface area contributed by atoms with Crippen molar-refractivity contribution in [2.75, 3.05) is 6.54 Å². The van der Waals surface area contributed by atoms with E-state index in [4.69, 9.17) is 0 Å². The van der Waals surface area contributed by atoms with E-state index in [0.29, 0.717) is 6.54 Å². The number of carbonyl (C=O) groups excluding carboxylic acids is 1. The van der Waals surface area contributed by atoms with Crippen LogP contribution in [0.2, 0.25) is 0 Å². The van der Waals surface area contributed by atoms with Gasteiger partial charge in [-0.25, -0.2) is 0 Å². The number of rotatable bonds is 4. The maximum atomic E-state index is 12.2. The molecule has 2 N–H and O–H groups in total. The quantitative estimate of drug-likeness (QED) is 0.875. The molecule has 0 fully saturated rings. The van der Waals surface area contributed by atoms with Gasteiger partial charge in [0.15, 0.2) is 0 Å². The molecular weight excluding hydrogens is 348 g/mol. The molecule has 0 aliphatic carbocycles. The van der Waals surface area contributed by atoms with Crippen molar-refractivity contribution >= 4 is 33.2 Å². The van der Waals surface area contributed by atoms with Crippen molar-refractivity contribution in [3.05, 3.63) is 56.2 Å². The number of hydrogen-bond donors (Lipinski definition) is 2. The van der Waals surface area contributed by atoms with Crippen LogP contribution >= 0.6 is 27.3 Å². The molecule has 0 bridgehead atoms. The molecule has 2 heterocycles. The van der Waals surface area contributed by atoms with Crippen LogP contribution < -0.4 is 10.6 Å². The normalized spacial score (nSPS) is 17.3. The maximum Gasteiger partial charge on any atom is 0.237 e. The minimum atomic E-state index is -0.116. The largest absolute Gasteiger partial charge is 0.354 e. The molecule has 2 aromatic rings. The highest BCUT2D eigenvalue weighted by Crippen LogP contribution is 2.22. The Morgan fingerprint density at radius 3 is 2.86 bits per heavy atom. The van der Waals surface area contributed by atoms with Gasteiger partial charge in [0.2, 0.25) is 5.91 Å². The van der Waals surface area contributed by atoms with Crippen LogP contribution in [0.3, 0.4) is 0 Å². The lowest BCUT2D eigenvalue weighted by atomic mass is 9.95. The molecule has 0 saturated heterocycles. The van der Waals surface area contributed by atoms with Gasteiger partial charge < -0.3 is 10.6 Å². The molecule has 110 valence electrons. The second kappa shape index (κ2) is 6.73. The van der Waals surface area contributed by atoms with Crippen LogP contribution in [0, 0.1) is 0 Å². The molecule has 1 atom stereocenters. The van der Waals surface area contributed by atoms with Crippen molar-refractivity contribution in [3.8, 4) is 0 Å². The molecule has 1 aliphatic heterocycles. The average molecular weight is 365 g/mol. The van der Waals surface area contributed by atoms with Gasteiger partial charge in [-0.2, -0.15) is 0 Å². The lowest BCUT2D eigenvalue weighted by Gasteiger charge is -2.25. The van der Waals surface area contributed by atoms with Crippen molar-refractivity contribution in [2.45, 2.75) is 25.4 Å². The van der Waals surface area contributed by atoms with E-state index in [9.17, 15) is 4.79 Å². The third-order valence-corrected chi connectivity index (χ3v) is 5.38. The zero-order valence-corrected chi connectivity index (χ0v) is 14.0. The van der Waals surface area contributed by atoms with Crippen LogP contribution in [0.4, 0.5) is 0 Å². The second-order valence-electron chi connectivity index (χ2n) is 5.15. The van der Waals surface area contributed by atoms with E-state index in [2.05, 4.69) is 44.8 Å². The van der Waals surface area contributed by atoms with Gasteiger partial charge in [-0.15, -0.1) is 11.3 Å². The molecule has 0 radical (unpaired) electrons.